The van der Waals surface area contributed by atoms with Crippen LogP contribution in [0, 0.1) is 0 Å². The molecule has 0 aliphatic rings. The van der Waals surface area contributed by atoms with Crippen molar-refractivity contribution in [1.29, 1.82) is 0 Å². The first-order valence-corrected chi connectivity index (χ1v) is 5.25. The van der Waals surface area contributed by atoms with E-state index in [1.165, 1.54) is 13.9 Å². The second kappa shape index (κ2) is 6.13. The van der Waals surface area contributed by atoms with Crippen molar-refractivity contribution < 1.29 is 9.90 Å². The maximum absolute atomic E-state index is 11.0. The lowest BCUT2D eigenvalue weighted by Gasteiger charge is -2.21. The van der Waals surface area contributed by atoms with Crippen LogP contribution in [0.25, 0.3) is 0 Å². The summed E-state index contributed by atoms with van der Waals surface area (Å²) in [4.78, 5) is 11.0. The summed E-state index contributed by atoms with van der Waals surface area (Å²) in [6.07, 6.45) is 1.29. The minimum Gasteiger partial charge on any atom is -0.387 e. The number of carbonyl (C=O) groups excluding carboxylic acids is 1. The predicted molar refractivity (Wildman–Crippen MR) is 67.2 cm³/mol. The molecule has 0 bridgehead atoms. The number of hydrogen-bond donors (Lipinski definition) is 2. The van der Waals surface area contributed by atoms with Gasteiger partial charge in [0, 0.05) is 0 Å². The van der Waals surface area contributed by atoms with Crippen LogP contribution in [0.4, 0.5) is 4.79 Å². The lowest BCUT2D eigenvalue weighted by Crippen LogP contribution is -2.43. The van der Waals surface area contributed by atoms with Gasteiger partial charge < -0.3 is 10.4 Å². The number of benzene rings is 1. The monoisotopic (exact) mass is 217 g/mol. The van der Waals surface area contributed by atoms with Gasteiger partial charge in [0.05, 0.1) is 12.1 Å². The van der Waals surface area contributed by atoms with Gasteiger partial charge in [0.1, 0.15) is 0 Å². The summed E-state index contributed by atoms with van der Waals surface area (Å²) in [6, 6.07) is 9.40. The molecule has 84 valence electrons. The number of aliphatic hydroxyl groups is 1. The molecule has 4 heteroatoms. The Kier molecular flexibility index (Phi) is 4.80. The highest BCUT2D eigenvalue weighted by Gasteiger charge is 2.17. The van der Waals surface area contributed by atoms with Gasteiger partial charge in [0.2, 0.25) is 7.85 Å². The molecule has 1 amide bonds. The van der Waals surface area contributed by atoms with Crippen LogP contribution in [0.5, 0.6) is 0 Å². The highest BCUT2D eigenvalue weighted by molar-refractivity contribution is 6.57. The average Bonchev–Trinajstić information content (AvgIpc) is 2.28. The third kappa shape index (κ3) is 3.91. The summed E-state index contributed by atoms with van der Waals surface area (Å²) in [5.74, 6) is -0.151. The smallest absolute Gasteiger partial charge is 0.215 e. The number of rotatable bonds is 5. The van der Waals surface area contributed by atoms with Crippen molar-refractivity contribution in [2.24, 2.45) is 0 Å². The number of carbonyl (C=O) groups is 1. The molecule has 1 rings (SSSR count). The van der Waals surface area contributed by atoms with Gasteiger partial charge in [-0.2, -0.15) is 0 Å². The minimum atomic E-state index is -0.732. The highest BCUT2D eigenvalue weighted by atomic mass is 16.3. The van der Waals surface area contributed by atoms with E-state index in [1.54, 1.807) is 0 Å². The second-order valence-corrected chi connectivity index (χ2v) is 3.72. The van der Waals surface area contributed by atoms with E-state index in [9.17, 15) is 9.90 Å². The Morgan fingerprint density at radius 1 is 1.50 bits per heavy atom. The molecule has 3 nitrogen and oxygen atoms in total. The largest absolute Gasteiger partial charge is 0.387 e. The van der Waals surface area contributed by atoms with Crippen LogP contribution in [0.15, 0.2) is 43.0 Å². The SMILES string of the molecule is BC(=O)N[C@H](Cc1ccccc1)[C@H](O)C=C. The van der Waals surface area contributed by atoms with Crippen molar-refractivity contribution in [3.8, 4) is 0 Å². The predicted octanol–water partition coefficient (Wildman–Crippen LogP) is 0.487. The fourth-order valence-electron chi connectivity index (χ4n) is 1.55. The molecule has 0 heterocycles. The van der Waals surface area contributed by atoms with Crippen LogP contribution in [-0.4, -0.2) is 30.9 Å². The van der Waals surface area contributed by atoms with E-state index in [0.717, 1.165) is 5.56 Å². The van der Waals surface area contributed by atoms with Crippen molar-refractivity contribution in [3.63, 3.8) is 0 Å². The van der Waals surface area contributed by atoms with E-state index in [1.807, 2.05) is 30.3 Å². The first kappa shape index (κ1) is 12.5. The molecule has 0 fully saturated rings. The molecule has 2 N–H and O–H groups in total. The molecule has 0 saturated heterocycles. The zero-order chi connectivity index (χ0) is 12.0. The van der Waals surface area contributed by atoms with Gasteiger partial charge in [-0.25, -0.2) is 0 Å². The lowest BCUT2D eigenvalue weighted by molar-refractivity contribution is 0.174. The Labute approximate surface area is 96.6 Å². The van der Waals surface area contributed by atoms with E-state index in [4.69, 9.17) is 0 Å². The molecule has 16 heavy (non-hydrogen) atoms. The molecule has 0 spiro atoms. The van der Waals surface area contributed by atoms with E-state index in [-0.39, 0.29) is 11.8 Å². The van der Waals surface area contributed by atoms with Gasteiger partial charge in [-0.15, -0.1) is 6.58 Å². The summed E-state index contributed by atoms with van der Waals surface area (Å²) < 4.78 is 0. The topological polar surface area (TPSA) is 49.3 Å². The normalized spacial score (nSPS) is 13.8. The first-order valence-electron chi connectivity index (χ1n) is 5.25. The van der Waals surface area contributed by atoms with Crippen LogP contribution in [0.2, 0.25) is 0 Å². The Morgan fingerprint density at radius 3 is 2.62 bits per heavy atom. The standard InChI is InChI=1S/C12H16BNO2/c1-2-11(15)10(14-12(13)16)8-9-6-4-3-5-7-9/h2-7,10-11,15H,1,8,13H2,(H,14,16)/t10-,11-/m1/s1. The molecule has 0 aliphatic heterocycles. The lowest BCUT2D eigenvalue weighted by atomic mass is 9.99. The van der Waals surface area contributed by atoms with Crippen molar-refractivity contribution in [1.82, 2.24) is 5.32 Å². The van der Waals surface area contributed by atoms with Crippen LogP contribution in [-0.2, 0) is 6.42 Å². The van der Waals surface area contributed by atoms with Crippen LogP contribution in [0.3, 0.4) is 0 Å². The van der Waals surface area contributed by atoms with Crippen molar-refractivity contribution in [2.45, 2.75) is 18.6 Å². The Morgan fingerprint density at radius 2 is 2.12 bits per heavy atom. The van der Waals surface area contributed by atoms with Crippen molar-refractivity contribution in [3.05, 3.63) is 48.6 Å². The van der Waals surface area contributed by atoms with Gasteiger partial charge >= 0.3 is 0 Å². The van der Waals surface area contributed by atoms with Gasteiger partial charge in [-0.1, -0.05) is 36.4 Å². The maximum Gasteiger partial charge on any atom is 0.215 e. The third-order valence-electron chi connectivity index (χ3n) is 2.34. The summed E-state index contributed by atoms with van der Waals surface area (Å²) in [5, 5.41) is 12.4. The molecular weight excluding hydrogens is 201 g/mol. The van der Waals surface area contributed by atoms with Crippen LogP contribution in [0.1, 0.15) is 5.56 Å². The molecule has 0 radical (unpaired) electrons. The Bertz CT molecular complexity index is 353. The molecule has 0 aliphatic carbocycles. The molecule has 0 unspecified atom stereocenters. The summed E-state index contributed by atoms with van der Waals surface area (Å²) in [6.45, 7) is 3.53. The Hall–Kier alpha value is -1.55. The van der Waals surface area contributed by atoms with Crippen molar-refractivity contribution in [2.75, 3.05) is 0 Å². The van der Waals surface area contributed by atoms with Gasteiger partial charge in [0.25, 0.3) is 0 Å². The molecule has 2 atom stereocenters. The quantitative estimate of drug-likeness (QED) is 0.557. The Balaban J connectivity index is 2.70. The van der Waals surface area contributed by atoms with Gasteiger partial charge in [-0.05, 0) is 12.0 Å². The summed E-state index contributed by atoms with van der Waals surface area (Å²) in [7, 11) is 1.44. The number of aliphatic hydroxyl groups excluding tert-OH is 1. The number of nitrogens with one attached hydrogen (secondary N) is 1. The molecule has 0 aromatic heterocycles. The molecule has 0 saturated carbocycles. The molecule has 1 aromatic carbocycles. The van der Waals surface area contributed by atoms with E-state index in [0.29, 0.717) is 6.42 Å². The van der Waals surface area contributed by atoms with E-state index in [2.05, 4.69) is 11.9 Å². The van der Waals surface area contributed by atoms with Gasteiger partial charge in [-0.3, -0.25) is 4.79 Å². The van der Waals surface area contributed by atoms with E-state index < -0.39 is 6.10 Å². The average molecular weight is 217 g/mol. The van der Waals surface area contributed by atoms with Crippen molar-refractivity contribution >= 4 is 13.7 Å². The fraction of sp³-hybridized carbons (Fsp3) is 0.250. The third-order valence-corrected chi connectivity index (χ3v) is 2.34. The summed E-state index contributed by atoms with van der Waals surface area (Å²) in [5.41, 5.74) is 1.07. The number of amides is 1. The van der Waals surface area contributed by atoms with Crippen LogP contribution < -0.4 is 5.32 Å². The summed E-state index contributed by atoms with van der Waals surface area (Å²) >= 11 is 0. The molecular formula is C12H16BNO2. The molecule has 1 aromatic rings. The van der Waals surface area contributed by atoms with Gasteiger partial charge in [0.15, 0.2) is 5.81 Å². The van der Waals surface area contributed by atoms with Crippen LogP contribution >= 0.6 is 0 Å². The maximum atomic E-state index is 11.0. The highest BCUT2D eigenvalue weighted by Crippen LogP contribution is 2.06. The zero-order valence-corrected chi connectivity index (χ0v) is 9.39. The fourth-order valence-corrected chi connectivity index (χ4v) is 1.55. The second-order valence-electron chi connectivity index (χ2n) is 3.72. The number of hydrogen-bond acceptors (Lipinski definition) is 2. The van der Waals surface area contributed by atoms with E-state index >= 15 is 0 Å². The minimum absolute atomic E-state index is 0.151. The zero-order valence-electron chi connectivity index (χ0n) is 9.39. The first-order chi connectivity index (χ1) is 7.63.